The van der Waals surface area contributed by atoms with Crippen molar-refractivity contribution >= 4 is 5.91 Å². The van der Waals surface area contributed by atoms with Crippen LogP contribution in [0, 0.1) is 6.92 Å². The van der Waals surface area contributed by atoms with Gasteiger partial charge in [-0.1, -0.05) is 12.1 Å². The topological polar surface area (TPSA) is 50.2 Å². The highest BCUT2D eigenvalue weighted by Gasteiger charge is 2.21. The van der Waals surface area contributed by atoms with E-state index in [1.54, 1.807) is 0 Å². The van der Waals surface area contributed by atoms with Gasteiger partial charge >= 0.3 is 0 Å². The SMILES string of the molecule is Cc1cn2c(n1)CC[C@H](NC(=O)c1cccc(CN(C)C)c1)C2. The van der Waals surface area contributed by atoms with Gasteiger partial charge in [0.25, 0.3) is 5.91 Å². The number of hydrogen-bond donors (Lipinski definition) is 1. The smallest absolute Gasteiger partial charge is 0.251 e. The third-order valence-corrected chi connectivity index (χ3v) is 4.14. The molecular weight excluding hydrogens is 288 g/mol. The summed E-state index contributed by atoms with van der Waals surface area (Å²) in [5.74, 6) is 1.14. The van der Waals surface area contributed by atoms with Crippen molar-refractivity contribution in [3.8, 4) is 0 Å². The summed E-state index contributed by atoms with van der Waals surface area (Å²) in [6, 6.07) is 8.03. The summed E-state index contributed by atoms with van der Waals surface area (Å²) in [7, 11) is 4.05. The first-order valence-corrected chi connectivity index (χ1v) is 8.08. The molecule has 1 aromatic heterocycles. The second-order valence-electron chi connectivity index (χ2n) is 6.60. The quantitative estimate of drug-likeness (QED) is 0.939. The lowest BCUT2D eigenvalue weighted by molar-refractivity contribution is 0.0927. The van der Waals surface area contributed by atoms with Crippen molar-refractivity contribution in [3.63, 3.8) is 0 Å². The second-order valence-corrected chi connectivity index (χ2v) is 6.60. The number of hydrogen-bond acceptors (Lipinski definition) is 3. The third kappa shape index (κ3) is 3.79. The zero-order chi connectivity index (χ0) is 16.4. The number of aryl methyl sites for hydroxylation is 2. The summed E-state index contributed by atoms with van der Waals surface area (Å²) in [4.78, 5) is 19.1. The molecular formula is C18H24N4O. The van der Waals surface area contributed by atoms with Crippen molar-refractivity contribution in [1.29, 1.82) is 0 Å². The van der Waals surface area contributed by atoms with E-state index in [0.717, 1.165) is 48.6 Å². The predicted octanol–water partition coefficient (Wildman–Crippen LogP) is 2.00. The molecule has 1 N–H and O–H groups in total. The molecule has 5 nitrogen and oxygen atoms in total. The van der Waals surface area contributed by atoms with Crippen LogP contribution in [0.5, 0.6) is 0 Å². The lowest BCUT2D eigenvalue weighted by Crippen LogP contribution is -2.40. The Kier molecular flexibility index (Phi) is 4.48. The number of fused-ring (bicyclic) bond motifs is 1. The van der Waals surface area contributed by atoms with Gasteiger partial charge in [0.15, 0.2) is 0 Å². The molecule has 1 aliphatic heterocycles. The van der Waals surface area contributed by atoms with Gasteiger partial charge < -0.3 is 14.8 Å². The molecule has 0 bridgehead atoms. The van der Waals surface area contributed by atoms with E-state index < -0.39 is 0 Å². The molecule has 23 heavy (non-hydrogen) atoms. The molecule has 0 spiro atoms. The predicted molar refractivity (Wildman–Crippen MR) is 90.4 cm³/mol. The number of amides is 1. The van der Waals surface area contributed by atoms with Gasteiger partial charge in [-0.05, 0) is 45.1 Å². The van der Waals surface area contributed by atoms with E-state index >= 15 is 0 Å². The van der Waals surface area contributed by atoms with Crippen LogP contribution >= 0.6 is 0 Å². The van der Waals surface area contributed by atoms with Crippen molar-refractivity contribution in [1.82, 2.24) is 19.8 Å². The monoisotopic (exact) mass is 312 g/mol. The molecule has 0 aliphatic carbocycles. The van der Waals surface area contributed by atoms with Crippen molar-refractivity contribution in [2.75, 3.05) is 14.1 Å². The van der Waals surface area contributed by atoms with Gasteiger partial charge in [-0.2, -0.15) is 0 Å². The van der Waals surface area contributed by atoms with Gasteiger partial charge in [0.1, 0.15) is 5.82 Å². The average molecular weight is 312 g/mol. The highest BCUT2D eigenvalue weighted by molar-refractivity contribution is 5.94. The van der Waals surface area contributed by atoms with Crippen molar-refractivity contribution in [3.05, 3.63) is 53.1 Å². The van der Waals surface area contributed by atoms with Gasteiger partial charge in [-0.3, -0.25) is 4.79 Å². The second kappa shape index (κ2) is 6.54. The minimum atomic E-state index is 0.0101. The van der Waals surface area contributed by atoms with Crippen LogP contribution in [-0.2, 0) is 19.5 Å². The minimum absolute atomic E-state index is 0.0101. The van der Waals surface area contributed by atoms with Crippen LogP contribution in [0.15, 0.2) is 30.5 Å². The maximum absolute atomic E-state index is 12.5. The summed E-state index contributed by atoms with van der Waals surface area (Å²) in [5.41, 5.74) is 2.93. The Morgan fingerprint density at radius 3 is 3.04 bits per heavy atom. The molecule has 0 radical (unpaired) electrons. The van der Waals surface area contributed by atoms with Crippen LogP contribution < -0.4 is 5.32 Å². The summed E-state index contributed by atoms with van der Waals surface area (Å²) in [5, 5.41) is 3.16. The summed E-state index contributed by atoms with van der Waals surface area (Å²) in [6.07, 6.45) is 3.92. The molecule has 1 amide bonds. The fourth-order valence-corrected chi connectivity index (χ4v) is 3.15. The van der Waals surface area contributed by atoms with Crippen LogP contribution in [0.1, 0.15) is 33.9 Å². The van der Waals surface area contributed by atoms with E-state index in [1.807, 2.05) is 39.2 Å². The molecule has 2 aromatic rings. The van der Waals surface area contributed by atoms with Crippen molar-refractivity contribution < 1.29 is 4.79 Å². The average Bonchev–Trinajstić information content (AvgIpc) is 2.86. The normalized spacial score (nSPS) is 17.1. The first kappa shape index (κ1) is 15.7. The maximum atomic E-state index is 12.5. The van der Waals surface area contributed by atoms with Crippen molar-refractivity contribution in [2.45, 2.75) is 38.9 Å². The molecule has 0 saturated carbocycles. The number of benzene rings is 1. The number of nitrogens with zero attached hydrogens (tertiary/aromatic N) is 3. The molecule has 0 unspecified atom stereocenters. The summed E-state index contributed by atoms with van der Waals surface area (Å²) in [6.45, 7) is 3.65. The zero-order valence-corrected chi connectivity index (χ0v) is 14.0. The van der Waals surface area contributed by atoms with Crippen molar-refractivity contribution in [2.24, 2.45) is 0 Å². The highest BCUT2D eigenvalue weighted by Crippen LogP contribution is 2.16. The lowest BCUT2D eigenvalue weighted by Gasteiger charge is -2.24. The molecule has 5 heteroatoms. The number of rotatable bonds is 4. The summed E-state index contributed by atoms with van der Waals surface area (Å²) >= 11 is 0. The standard InChI is InChI=1S/C18H24N4O/c1-13-10-22-12-16(7-8-17(22)19-13)20-18(23)15-6-4-5-14(9-15)11-21(2)3/h4-6,9-10,16H,7-8,11-12H2,1-3H3,(H,20,23)/t16-/m0/s1. The molecule has 122 valence electrons. The molecule has 1 aromatic carbocycles. The highest BCUT2D eigenvalue weighted by atomic mass is 16.1. The van der Waals surface area contributed by atoms with Crippen LogP contribution in [-0.4, -0.2) is 40.5 Å². The molecule has 1 atom stereocenters. The van der Waals surface area contributed by atoms with Gasteiger partial charge in [0, 0.05) is 37.3 Å². The number of aromatic nitrogens is 2. The first-order chi connectivity index (χ1) is 11.0. The van der Waals surface area contributed by atoms with Gasteiger partial charge in [0.05, 0.1) is 5.69 Å². The first-order valence-electron chi connectivity index (χ1n) is 8.08. The Bertz CT molecular complexity index is 705. The Balaban J connectivity index is 1.65. The van der Waals surface area contributed by atoms with E-state index in [4.69, 9.17) is 0 Å². The largest absolute Gasteiger partial charge is 0.347 e. The van der Waals surface area contributed by atoms with Crippen LogP contribution in [0.3, 0.4) is 0 Å². The van der Waals surface area contributed by atoms with E-state index in [-0.39, 0.29) is 11.9 Å². The number of carbonyl (C=O) groups excluding carboxylic acids is 1. The van der Waals surface area contributed by atoms with E-state index in [9.17, 15) is 4.79 Å². The summed E-state index contributed by atoms with van der Waals surface area (Å²) < 4.78 is 2.16. The van der Waals surface area contributed by atoms with Gasteiger partial charge in [-0.25, -0.2) is 4.98 Å². The number of carbonyl (C=O) groups is 1. The fourth-order valence-electron chi connectivity index (χ4n) is 3.15. The van der Waals surface area contributed by atoms with E-state index in [0.29, 0.717) is 0 Å². The lowest BCUT2D eigenvalue weighted by atomic mass is 10.1. The molecule has 0 fully saturated rings. The molecule has 1 aliphatic rings. The zero-order valence-electron chi connectivity index (χ0n) is 14.0. The minimum Gasteiger partial charge on any atom is -0.347 e. The number of imidazole rings is 1. The molecule has 3 rings (SSSR count). The van der Waals surface area contributed by atoms with E-state index in [1.165, 1.54) is 0 Å². The van der Waals surface area contributed by atoms with Gasteiger partial charge in [-0.15, -0.1) is 0 Å². The Morgan fingerprint density at radius 1 is 1.43 bits per heavy atom. The number of nitrogens with one attached hydrogen (secondary N) is 1. The Labute approximate surface area is 137 Å². The van der Waals surface area contributed by atoms with Crippen LogP contribution in [0.25, 0.3) is 0 Å². The fraction of sp³-hybridized carbons (Fsp3) is 0.444. The third-order valence-electron chi connectivity index (χ3n) is 4.14. The Morgan fingerprint density at radius 2 is 2.26 bits per heavy atom. The van der Waals surface area contributed by atoms with Gasteiger partial charge in [0.2, 0.25) is 0 Å². The maximum Gasteiger partial charge on any atom is 0.251 e. The Hall–Kier alpha value is -2.14. The molecule has 2 heterocycles. The van der Waals surface area contributed by atoms with Crippen LogP contribution in [0.4, 0.5) is 0 Å². The van der Waals surface area contributed by atoms with Crippen LogP contribution in [0.2, 0.25) is 0 Å². The molecule has 0 saturated heterocycles. The van der Waals surface area contributed by atoms with E-state index in [2.05, 4.69) is 32.0 Å².